The molecule has 0 saturated carbocycles. The zero-order valence-corrected chi connectivity index (χ0v) is 9.33. The summed E-state index contributed by atoms with van der Waals surface area (Å²) < 4.78 is 0.736. The topological polar surface area (TPSA) is 63.3 Å². The van der Waals surface area contributed by atoms with E-state index in [1.807, 2.05) is 29.5 Å². The molecule has 0 aliphatic rings. The average Bonchev–Trinajstić information content (AvgIpc) is 2.09. The number of aromatic hydroxyl groups is 1. The quantitative estimate of drug-likeness (QED) is 0.814. The second-order valence-electron chi connectivity index (χ2n) is 2.64. The predicted octanol–water partition coefficient (Wildman–Crippen LogP) is 1.66. The Bertz CT molecular complexity index is 350. The molecule has 0 aliphatic heterocycles. The van der Waals surface area contributed by atoms with Crippen LogP contribution in [0.25, 0.3) is 0 Å². The molecule has 1 aromatic carbocycles. The van der Waals surface area contributed by atoms with Crippen molar-refractivity contribution in [2.24, 2.45) is 5.73 Å². The fourth-order valence-electron chi connectivity index (χ4n) is 1.20. The van der Waals surface area contributed by atoms with Gasteiger partial charge in [0, 0.05) is 11.1 Å². The van der Waals surface area contributed by atoms with E-state index in [1.165, 1.54) is 0 Å². The fraction of sp³-hybridized carbons (Fsp3) is 0.222. The van der Waals surface area contributed by atoms with E-state index in [4.69, 9.17) is 5.73 Å². The Morgan fingerprint density at radius 2 is 2.23 bits per heavy atom. The highest BCUT2D eigenvalue weighted by molar-refractivity contribution is 14.1. The van der Waals surface area contributed by atoms with E-state index in [2.05, 4.69) is 0 Å². The van der Waals surface area contributed by atoms with Gasteiger partial charge in [-0.3, -0.25) is 4.79 Å². The number of rotatable bonds is 2. The van der Waals surface area contributed by atoms with Crippen LogP contribution in [0.15, 0.2) is 12.1 Å². The number of phenolic OH excluding ortho intramolecular Hbond substituents is 1. The molecule has 1 aromatic rings. The molecule has 3 N–H and O–H groups in total. The van der Waals surface area contributed by atoms with E-state index in [0.717, 1.165) is 3.57 Å². The van der Waals surface area contributed by atoms with Crippen molar-refractivity contribution in [1.29, 1.82) is 0 Å². The molecule has 0 spiro atoms. The summed E-state index contributed by atoms with van der Waals surface area (Å²) in [7, 11) is 0. The van der Waals surface area contributed by atoms with Gasteiger partial charge in [0.05, 0.1) is 3.57 Å². The van der Waals surface area contributed by atoms with E-state index in [0.29, 0.717) is 17.5 Å². The third-order valence-corrected chi connectivity index (χ3v) is 2.72. The lowest BCUT2D eigenvalue weighted by Crippen LogP contribution is -2.13. The molecule has 1 amide bonds. The fourth-order valence-corrected chi connectivity index (χ4v) is 1.70. The van der Waals surface area contributed by atoms with Crippen LogP contribution < -0.4 is 5.73 Å². The Morgan fingerprint density at radius 3 is 2.69 bits per heavy atom. The molecule has 0 bridgehead atoms. The Balaban J connectivity index is 3.38. The summed E-state index contributed by atoms with van der Waals surface area (Å²) in [6.45, 7) is 1.87. The molecule has 4 heteroatoms. The van der Waals surface area contributed by atoms with Crippen molar-refractivity contribution in [3.63, 3.8) is 0 Å². The summed E-state index contributed by atoms with van der Waals surface area (Å²) >= 11 is 2.01. The van der Waals surface area contributed by atoms with Crippen molar-refractivity contribution in [2.75, 3.05) is 0 Å². The monoisotopic (exact) mass is 291 g/mol. The number of benzene rings is 1. The van der Waals surface area contributed by atoms with Crippen molar-refractivity contribution >= 4 is 28.5 Å². The number of phenols is 1. The molecule has 0 unspecified atom stereocenters. The van der Waals surface area contributed by atoms with Crippen LogP contribution in [0, 0.1) is 3.57 Å². The van der Waals surface area contributed by atoms with Crippen molar-refractivity contribution in [1.82, 2.24) is 0 Å². The molecular formula is C9H10INO2. The Hall–Kier alpha value is -0.780. The number of carbonyl (C=O) groups excluding carboxylic acids is 1. The smallest absolute Gasteiger partial charge is 0.249 e. The molecule has 0 radical (unpaired) electrons. The van der Waals surface area contributed by atoms with Gasteiger partial charge in [0.25, 0.3) is 0 Å². The van der Waals surface area contributed by atoms with Crippen LogP contribution in [0.3, 0.4) is 0 Å². The van der Waals surface area contributed by atoms with E-state index in [9.17, 15) is 9.90 Å². The second kappa shape index (κ2) is 3.95. The first-order chi connectivity index (χ1) is 6.07. The summed E-state index contributed by atoms with van der Waals surface area (Å²) in [6, 6.07) is 3.32. The molecule has 1 rings (SSSR count). The summed E-state index contributed by atoms with van der Waals surface area (Å²) in [5.41, 5.74) is 6.18. The van der Waals surface area contributed by atoms with Gasteiger partial charge in [-0.2, -0.15) is 0 Å². The van der Waals surface area contributed by atoms with Crippen molar-refractivity contribution in [3.8, 4) is 5.75 Å². The number of halogens is 1. The van der Waals surface area contributed by atoms with Crippen LogP contribution in [-0.4, -0.2) is 11.0 Å². The molecular weight excluding hydrogens is 281 g/mol. The number of carbonyl (C=O) groups is 1. The maximum Gasteiger partial charge on any atom is 0.249 e. The normalized spacial score (nSPS) is 10.0. The molecule has 13 heavy (non-hydrogen) atoms. The minimum Gasteiger partial charge on any atom is -0.507 e. The highest BCUT2D eigenvalue weighted by Gasteiger charge is 2.12. The van der Waals surface area contributed by atoms with Crippen molar-refractivity contribution in [3.05, 3.63) is 26.8 Å². The van der Waals surface area contributed by atoms with Gasteiger partial charge >= 0.3 is 0 Å². The number of nitrogens with two attached hydrogens (primary N) is 1. The van der Waals surface area contributed by atoms with E-state index in [-0.39, 0.29) is 5.75 Å². The van der Waals surface area contributed by atoms with Crippen LogP contribution in [0.4, 0.5) is 0 Å². The van der Waals surface area contributed by atoms with Crippen molar-refractivity contribution in [2.45, 2.75) is 13.3 Å². The minimum absolute atomic E-state index is 0.166. The predicted molar refractivity (Wildman–Crippen MR) is 58.7 cm³/mol. The minimum atomic E-state index is -0.497. The van der Waals surface area contributed by atoms with Crippen LogP contribution in [0.5, 0.6) is 5.75 Å². The van der Waals surface area contributed by atoms with E-state index < -0.39 is 5.91 Å². The number of hydrogen-bond acceptors (Lipinski definition) is 2. The van der Waals surface area contributed by atoms with Crippen LogP contribution >= 0.6 is 22.6 Å². The zero-order chi connectivity index (χ0) is 10.0. The average molecular weight is 291 g/mol. The first kappa shape index (κ1) is 10.3. The number of primary amides is 1. The van der Waals surface area contributed by atoms with Gasteiger partial charge in [-0.15, -0.1) is 0 Å². The van der Waals surface area contributed by atoms with E-state index >= 15 is 0 Å². The van der Waals surface area contributed by atoms with E-state index in [1.54, 1.807) is 12.1 Å². The lowest BCUT2D eigenvalue weighted by atomic mass is 10.0. The third-order valence-electron chi connectivity index (χ3n) is 1.85. The largest absolute Gasteiger partial charge is 0.507 e. The number of amides is 1. The Kier molecular flexibility index (Phi) is 3.13. The van der Waals surface area contributed by atoms with Gasteiger partial charge in [-0.1, -0.05) is 6.92 Å². The Labute approximate surface area is 90.1 Å². The van der Waals surface area contributed by atoms with Crippen molar-refractivity contribution < 1.29 is 9.90 Å². The van der Waals surface area contributed by atoms with Crippen LogP contribution in [0.2, 0.25) is 0 Å². The first-order valence-electron chi connectivity index (χ1n) is 3.88. The summed E-state index contributed by atoms with van der Waals surface area (Å²) in [6.07, 6.45) is 0.598. The maximum absolute atomic E-state index is 11.0. The standard InChI is InChI=1S/C9H10INO2/c1-2-5-6(9(11)13)3-4-7(10)8(5)12/h3-4,12H,2H2,1H3,(H2,11,13). The van der Waals surface area contributed by atoms with Gasteiger partial charge in [0.15, 0.2) is 0 Å². The molecule has 0 heterocycles. The Morgan fingerprint density at radius 1 is 1.62 bits per heavy atom. The molecule has 0 aliphatic carbocycles. The van der Waals surface area contributed by atoms with Gasteiger partial charge in [0.1, 0.15) is 5.75 Å². The van der Waals surface area contributed by atoms with Gasteiger partial charge in [0.2, 0.25) is 5.91 Å². The zero-order valence-electron chi connectivity index (χ0n) is 7.17. The van der Waals surface area contributed by atoms with Gasteiger partial charge in [-0.05, 0) is 41.1 Å². The lowest BCUT2D eigenvalue weighted by Gasteiger charge is -2.07. The first-order valence-corrected chi connectivity index (χ1v) is 4.96. The molecule has 0 fully saturated rings. The lowest BCUT2D eigenvalue weighted by molar-refractivity contribution is 0.0999. The molecule has 70 valence electrons. The number of hydrogen-bond donors (Lipinski definition) is 2. The SMILES string of the molecule is CCc1c(C(N)=O)ccc(I)c1O. The summed E-state index contributed by atoms with van der Waals surface area (Å²) in [4.78, 5) is 11.0. The van der Waals surface area contributed by atoms with Crippen LogP contribution in [0.1, 0.15) is 22.8 Å². The van der Waals surface area contributed by atoms with Gasteiger partial charge < -0.3 is 10.8 Å². The second-order valence-corrected chi connectivity index (χ2v) is 3.80. The summed E-state index contributed by atoms with van der Waals surface area (Å²) in [5, 5.41) is 9.61. The summed E-state index contributed by atoms with van der Waals surface area (Å²) in [5.74, 6) is -0.331. The molecule has 3 nitrogen and oxygen atoms in total. The maximum atomic E-state index is 11.0. The highest BCUT2D eigenvalue weighted by atomic mass is 127. The molecule has 0 saturated heterocycles. The molecule has 0 aromatic heterocycles. The molecule has 0 atom stereocenters. The van der Waals surface area contributed by atoms with Crippen LogP contribution in [-0.2, 0) is 6.42 Å². The highest BCUT2D eigenvalue weighted by Crippen LogP contribution is 2.27. The third kappa shape index (κ3) is 1.93. The van der Waals surface area contributed by atoms with Gasteiger partial charge in [-0.25, -0.2) is 0 Å².